The fourth-order valence-electron chi connectivity index (χ4n) is 0.888. The van der Waals surface area contributed by atoms with Crippen molar-refractivity contribution in [1.82, 2.24) is 4.98 Å². The van der Waals surface area contributed by atoms with Crippen LogP contribution < -0.4 is 4.74 Å². The molecule has 14 heavy (non-hydrogen) atoms. The van der Waals surface area contributed by atoms with Crippen molar-refractivity contribution in [1.29, 1.82) is 0 Å². The molecule has 80 valence electrons. The van der Waals surface area contributed by atoms with E-state index in [4.69, 9.17) is 14.2 Å². The molecule has 0 aliphatic heterocycles. The van der Waals surface area contributed by atoms with Crippen LogP contribution in [0.15, 0.2) is 5.38 Å². The SMILES string of the molecule is COCCOc1nc(CCOC)cs1. The van der Waals surface area contributed by atoms with E-state index < -0.39 is 0 Å². The quantitative estimate of drug-likeness (QED) is 0.647. The number of aromatic nitrogens is 1. The summed E-state index contributed by atoms with van der Waals surface area (Å²) >= 11 is 1.51. The largest absolute Gasteiger partial charge is 0.468 e. The van der Waals surface area contributed by atoms with Gasteiger partial charge < -0.3 is 14.2 Å². The van der Waals surface area contributed by atoms with Gasteiger partial charge in [-0.2, -0.15) is 0 Å². The molecule has 0 saturated carbocycles. The van der Waals surface area contributed by atoms with Gasteiger partial charge in [-0.15, -0.1) is 0 Å². The number of thiazole rings is 1. The molecule has 4 nitrogen and oxygen atoms in total. The lowest BCUT2D eigenvalue weighted by atomic mass is 10.4. The van der Waals surface area contributed by atoms with Crippen molar-refractivity contribution in [2.45, 2.75) is 6.42 Å². The van der Waals surface area contributed by atoms with E-state index in [1.807, 2.05) is 5.38 Å². The minimum atomic E-state index is 0.549. The first-order valence-corrected chi connectivity index (χ1v) is 5.30. The molecule has 0 atom stereocenters. The minimum Gasteiger partial charge on any atom is -0.468 e. The monoisotopic (exact) mass is 217 g/mol. The van der Waals surface area contributed by atoms with Crippen LogP contribution in [0, 0.1) is 0 Å². The number of nitrogens with zero attached hydrogens (tertiary/aromatic N) is 1. The molecule has 0 N–H and O–H groups in total. The van der Waals surface area contributed by atoms with Gasteiger partial charge in [0, 0.05) is 26.0 Å². The summed E-state index contributed by atoms with van der Waals surface area (Å²) in [7, 11) is 3.33. The van der Waals surface area contributed by atoms with Crippen LogP contribution >= 0.6 is 11.3 Å². The zero-order chi connectivity index (χ0) is 10.2. The van der Waals surface area contributed by atoms with E-state index in [1.54, 1.807) is 14.2 Å². The maximum absolute atomic E-state index is 5.35. The molecule has 0 radical (unpaired) electrons. The molecular weight excluding hydrogens is 202 g/mol. The van der Waals surface area contributed by atoms with Gasteiger partial charge in [0.15, 0.2) is 0 Å². The van der Waals surface area contributed by atoms with E-state index in [0.717, 1.165) is 12.1 Å². The Kier molecular flexibility index (Phi) is 5.51. The molecule has 1 rings (SSSR count). The van der Waals surface area contributed by atoms with Crippen molar-refractivity contribution >= 4 is 11.3 Å². The first kappa shape index (κ1) is 11.4. The number of hydrogen-bond acceptors (Lipinski definition) is 5. The molecule has 5 heteroatoms. The highest BCUT2D eigenvalue weighted by Gasteiger charge is 2.02. The van der Waals surface area contributed by atoms with Crippen molar-refractivity contribution in [2.24, 2.45) is 0 Å². The van der Waals surface area contributed by atoms with Gasteiger partial charge in [-0.1, -0.05) is 11.3 Å². The summed E-state index contributed by atoms with van der Waals surface area (Å²) in [6, 6.07) is 0. The fraction of sp³-hybridized carbons (Fsp3) is 0.667. The van der Waals surface area contributed by atoms with Crippen LogP contribution in [0.4, 0.5) is 0 Å². The summed E-state index contributed by atoms with van der Waals surface area (Å²) < 4.78 is 15.2. The van der Waals surface area contributed by atoms with E-state index in [9.17, 15) is 0 Å². The fourth-order valence-corrected chi connectivity index (χ4v) is 1.62. The molecular formula is C9H15NO3S. The first-order valence-electron chi connectivity index (χ1n) is 4.42. The molecule has 1 aromatic rings. The number of methoxy groups -OCH3 is 2. The van der Waals surface area contributed by atoms with Crippen LogP contribution in [0.25, 0.3) is 0 Å². The maximum Gasteiger partial charge on any atom is 0.273 e. The smallest absolute Gasteiger partial charge is 0.273 e. The molecule has 0 bridgehead atoms. The summed E-state index contributed by atoms with van der Waals surface area (Å²) in [4.78, 5) is 4.28. The molecule has 0 aliphatic rings. The highest BCUT2D eigenvalue weighted by atomic mass is 32.1. The van der Waals surface area contributed by atoms with Crippen LogP contribution in [0.3, 0.4) is 0 Å². The molecule has 0 unspecified atom stereocenters. The Bertz CT molecular complexity index is 252. The van der Waals surface area contributed by atoms with E-state index in [1.165, 1.54) is 11.3 Å². The third kappa shape index (κ3) is 4.04. The molecule has 1 aromatic heterocycles. The zero-order valence-corrected chi connectivity index (χ0v) is 9.30. The van der Waals surface area contributed by atoms with Crippen molar-refractivity contribution in [3.8, 4) is 5.19 Å². The Labute approximate surface area is 87.8 Å². The van der Waals surface area contributed by atoms with Gasteiger partial charge in [-0.05, 0) is 0 Å². The Morgan fingerprint density at radius 1 is 1.21 bits per heavy atom. The summed E-state index contributed by atoms with van der Waals surface area (Å²) in [5.41, 5.74) is 1.02. The summed E-state index contributed by atoms with van der Waals surface area (Å²) in [6.45, 7) is 1.84. The van der Waals surface area contributed by atoms with Crippen molar-refractivity contribution in [2.75, 3.05) is 34.0 Å². The molecule has 0 aromatic carbocycles. The zero-order valence-electron chi connectivity index (χ0n) is 8.49. The van der Waals surface area contributed by atoms with Crippen LogP contribution in [-0.2, 0) is 15.9 Å². The van der Waals surface area contributed by atoms with Gasteiger partial charge in [0.1, 0.15) is 6.61 Å². The first-order chi connectivity index (χ1) is 6.86. The molecule has 0 aliphatic carbocycles. The van der Waals surface area contributed by atoms with Crippen LogP contribution in [0.5, 0.6) is 5.19 Å². The molecule has 1 heterocycles. The van der Waals surface area contributed by atoms with E-state index in [2.05, 4.69) is 4.98 Å². The van der Waals surface area contributed by atoms with Crippen LogP contribution in [-0.4, -0.2) is 39.0 Å². The topological polar surface area (TPSA) is 40.6 Å². The second-order valence-corrected chi connectivity index (χ2v) is 3.51. The van der Waals surface area contributed by atoms with E-state index in [-0.39, 0.29) is 0 Å². The van der Waals surface area contributed by atoms with Gasteiger partial charge in [-0.3, -0.25) is 0 Å². The van der Waals surface area contributed by atoms with Gasteiger partial charge in [0.25, 0.3) is 5.19 Å². The van der Waals surface area contributed by atoms with Gasteiger partial charge in [0.05, 0.1) is 18.9 Å². The number of hydrogen-bond donors (Lipinski definition) is 0. The summed E-state index contributed by atoms with van der Waals surface area (Å²) in [5.74, 6) is 0. The highest BCUT2D eigenvalue weighted by Crippen LogP contribution is 2.18. The van der Waals surface area contributed by atoms with E-state index in [0.29, 0.717) is 25.0 Å². The number of rotatable bonds is 7. The second-order valence-electron chi connectivity index (χ2n) is 2.69. The van der Waals surface area contributed by atoms with Crippen molar-refractivity contribution in [3.05, 3.63) is 11.1 Å². The Morgan fingerprint density at radius 2 is 2.00 bits per heavy atom. The predicted octanol–water partition coefficient (Wildman–Crippen LogP) is 1.36. The van der Waals surface area contributed by atoms with Gasteiger partial charge >= 0.3 is 0 Å². The Hall–Kier alpha value is -0.650. The summed E-state index contributed by atoms with van der Waals surface area (Å²) in [6.07, 6.45) is 0.834. The van der Waals surface area contributed by atoms with E-state index >= 15 is 0 Å². The van der Waals surface area contributed by atoms with Crippen LogP contribution in [0.2, 0.25) is 0 Å². The average Bonchev–Trinajstić information content (AvgIpc) is 2.63. The standard InChI is InChI=1S/C9H15NO3S/c1-11-4-3-8-7-14-9(10-8)13-6-5-12-2/h7H,3-6H2,1-2H3. The van der Waals surface area contributed by atoms with Crippen LogP contribution in [0.1, 0.15) is 5.69 Å². The average molecular weight is 217 g/mol. The lowest BCUT2D eigenvalue weighted by molar-refractivity contribution is 0.146. The molecule has 0 spiro atoms. The molecule has 0 amide bonds. The third-order valence-electron chi connectivity index (χ3n) is 1.61. The lowest BCUT2D eigenvalue weighted by Gasteiger charge is -1.99. The lowest BCUT2D eigenvalue weighted by Crippen LogP contribution is -2.04. The van der Waals surface area contributed by atoms with Crippen molar-refractivity contribution in [3.63, 3.8) is 0 Å². The van der Waals surface area contributed by atoms with Gasteiger partial charge in [-0.25, -0.2) is 4.98 Å². The molecule has 0 saturated heterocycles. The summed E-state index contributed by atoms with van der Waals surface area (Å²) in [5, 5.41) is 2.69. The minimum absolute atomic E-state index is 0.549. The highest BCUT2D eigenvalue weighted by molar-refractivity contribution is 7.11. The number of ether oxygens (including phenoxy) is 3. The normalized spacial score (nSPS) is 10.4. The maximum atomic E-state index is 5.35. The van der Waals surface area contributed by atoms with Gasteiger partial charge in [0.2, 0.25) is 0 Å². The second kappa shape index (κ2) is 6.75. The Morgan fingerprint density at radius 3 is 2.71 bits per heavy atom. The predicted molar refractivity (Wildman–Crippen MR) is 55.1 cm³/mol. The molecule has 0 fully saturated rings. The third-order valence-corrected chi connectivity index (χ3v) is 2.41. The Balaban J connectivity index is 2.27. The van der Waals surface area contributed by atoms with Crippen molar-refractivity contribution < 1.29 is 14.2 Å².